The highest BCUT2D eigenvalue weighted by Crippen LogP contribution is 2.48. The maximum atomic E-state index is 5.73. The fourth-order valence-electron chi connectivity index (χ4n) is 2.43. The van der Waals surface area contributed by atoms with E-state index in [2.05, 4.69) is 10.4 Å². The first-order valence-corrected chi connectivity index (χ1v) is 5.44. The SMILES string of the molecule is C1CCON(C2NCC3C[C]32)CC1. The van der Waals surface area contributed by atoms with E-state index in [-0.39, 0.29) is 0 Å². The molecule has 1 saturated carbocycles. The van der Waals surface area contributed by atoms with Gasteiger partial charge in [-0.1, -0.05) is 0 Å². The molecule has 73 valence electrons. The van der Waals surface area contributed by atoms with Gasteiger partial charge in [-0.05, 0) is 31.6 Å². The Labute approximate surface area is 79.4 Å². The Balaban J connectivity index is 1.62. The number of fused-ring (bicyclic) bond motifs is 1. The average Bonchev–Trinajstić information content (AvgIpc) is 2.88. The van der Waals surface area contributed by atoms with Gasteiger partial charge in [0.1, 0.15) is 0 Å². The van der Waals surface area contributed by atoms with E-state index in [9.17, 15) is 0 Å². The molecule has 0 spiro atoms. The molecule has 2 saturated heterocycles. The highest BCUT2D eigenvalue weighted by molar-refractivity contribution is 5.25. The minimum atomic E-state index is 0.461. The smallest absolute Gasteiger partial charge is 0.0910 e. The van der Waals surface area contributed by atoms with Crippen LogP contribution in [0.3, 0.4) is 0 Å². The summed E-state index contributed by atoms with van der Waals surface area (Å²) in [4.78, 5) is 5.73. The normalized spacial score (nSPS) is 41.5. The Morgan fingerprint density at radius 1 is 1.31 bits per heavy atom. The van der Waals surface area contributed by atoms with Crippen LogP contribution in [0, 0.1) is 11.8 Å². The zero-order valence-corrected chi connectivity index (χ0v) is 7.96. The maximum Gasteiger partial charge on any atom is 0.0910 e. The molecule has 1 aliphatic carbocycles. The predicted molar refractivity (Wildman–Crippen MR) is 49.6 cm³/mol. The molecule has 2 atom stereocenters. The van der Waals surface area contributed by atoms with Crippen LogP contribution in [-0.2, 0) is 4.84 Å². The molecule has 1 N–H and O–H groups in total. The van der Waals surface area contributed by atoms with Crippen LogP contribution in [0.25, 0.3) is 0 Å². The lowest BCUT2D eigenvalue weighted by Gasteiger charge is -2.27. The molecule has 0 bridgehead atoms. The van der Waals surface area contributed by atoms with Gasteiger partial charge in [-0.15, -0.1) is 0 Å². The molecule has 2 aliphatic heterocycles. The van der Waals surface area contributed by atoms with Gasteiger partial charge in [0.2, 0.25) is 0 Å². The first kappa shape index (κ1) is 8.21. The molecule has 1 radical (unpaired) electrons. The van der Waals surface area contributed by atoms with Crippen LogP contribution >= 0.6 is 0 Å². The van der Waals surface area contributed by atoms with Crippen LogP contribution in [0.15, 0.2) is 0 Å². The van der Waals surface area contributed by atoms with Crippen molar-refractivity contribution in [2.75, 3.05) is 19.7 Å². The van der Waals surface area contributed by atoms with E-state index < -0.39 is 0 Å². The van der Waals surface area contributed by atoms with E-state index in [4.69, 9.17) is 4.84 Å². The van der Waals surface area contributed by atoms with Crippen LogP contribution in [0.5, 0.6) is 0 Å². The first-order chi connectivity index (χ1) is 6.45. The lowest BCUT2D eigenvalue weighted by atomic mass is 10.2. The van der Waals surface area contributed by atoms with E-state index >= 15 is 0 Å². The Morgan fingerprint density at radius 3 is 3.08 bits per heavy atom. The van der Waals surface area contributed by atoms with Crippen LogP contribution in [0.1, 0.15) is 25.7 Å². The second kappa shape index (κ2) is 3.23. The summed E-state index contributed by atoms with van der Waals surface area (Å²) in [6.07, 6.45) is 5.64. The van der Waals surface area contributed by atoms with Crippen molar-refractivity contribution in [1.82, 2.24) is 10.4 Å². The second-order valence-electron chi connectivity index (χ2n) is 4.32. The summed E-state index contributed by atoms with van der Waals surface area (Å²) in [7, 11) is 0. The van der Waals surface area contributed by atoms with Gasteiger partial charge in [-0.3, -0.25) is 10.2 Å². The van der Waals surface area contributed by atoms with Gasteiger partial charge in [0.05, 0.1) is 12.8 Å². The van der Waals surface area contributed by atoms with Gasteiger partial charge in [0, 0.05) is 19.0 Å². The first-order valence-electron chi connectivity index (χ1n) is 5.44. The molecule has 0 amide bonds. The van der Waals surface area contributed by atoms with Gasteiger partial charge in [-0.25, -0.2) is 0 Å². The Bertz CT molecular complexity index is 189. The number of rotatable bonds is 1. The number of nitrogens with zero attached hydrogens (tertiary/aromatic N) is 1. The average molecular weight is 181 g/mol. The number of hydroxylamine groups is 2. The third-order valence-corrected chi connectivity index (χ3v) is 3.32. The van der Waals surface area contributed by atoms with E-state index in [0.29, 0.717) is 6.17 Å². The molecule has 3 nitrogen and oxygen atoms in total. The zero-order chi connectivity index (χ0) is 8.67. The molecule has 3 rings (SSSR count). The zero-order valence-electron chi connectivity index (χ0n) is 7.96. The molecule has 3 heteroatoms. The molecule has 0 aromatic heterocycles. The van der Waals surface area contributed by atoms with Crippen molar-refractivity contribution in [3.63, 3.8) is 0 Å². The van der Waals surface area contributed by atoms with Crippen molar-refractivity contribution in [2.24, 2.45) is 5.92 Å². The van der Waals surface area contributed by atoms with Gasteiger partial charge in [-0.2, -0.15) is 5.06 Å². The lowest BCUT2D eigenvalue weighted by molar-refractivity contribution is -0.177. The Kier molecular flexibility index (Phi) is 2.04. The van der Waals surface area contributed by atoms with Crippen molar-refractivity contribution < 1.29 is 4.84 Å². The van der Waals surface area contributed by atoms with Crippen molar-refractivity contribution in [2.45, 2.75) is 31.8 Å². The maximum absolute atomic E-state index is 5.73. The van der Waals surface area contributed by atoms with Crippen molar-refractivity contribution in [1.29, 1.82) is 0 Å². The largest absolute Gasteiger partial charge is 0.299 e. The molecular formula is C10H17N2O. The van der Waals surface area contributed by atoms with Crippen molar-refractivity contribution >= 4 is 0 Å². The van der Waals surface area contributed by atoms with E-state index in [1.807, 2.05) is 0 Å². The lowest BCUT2D eigenvalue weighted by Crippen LogP contribution is -2.44. The minimum Gasteiger partial charge on any atom is -0.299 e. The summed E-state index contributed by atoms with van der Waals surface area (Å²) in [6.45, 7) is 3.20. The summed E-state index contributed by atoms with van der Waals surface area (Å²) < 4.78 is 0. The third-order valence-electron chi connectivity index (χ3n) is 3.32. The fraction of sp³-hybridized carbons (Fsp3) is 0.900. The highest BCUT2D eigenvalue weighted by Gasteiger charge is 2.51. The van der Waals surface area contributed by atoms with Crippen LogP contribution < -0.4 is 5.32 Å². The topological polar surface area (TPSA) is 24.5 Å². The molecule has 3 fully saturated rings. The minimum absolute atomic E-state index is 0.461. The second-order valence-corrected chi connectivity index (χ2v) is 4.32. The van der Waals surface area contributed by atoms with Gasteiger partial charge in [0.25, 0.3) is 0 Å². The number of hydrogen-bond donors (Lipinski definition) is 1. The Hall–Kier alpha value is -0.120. The predicted octanol–water partition coefficient (Wildman–Crippen LogP) is 0.928. The summed E-state index contributed by atoms with van der Waals surface area (Å²) >= 11 is 0. The van der Waals surface area contributed by atoms with E-state index in [1.54, 1.807) is 5.92 Å². The van der Waals surface area contributed by atoms with Crippen LogP contribution in [0.4, 0.5) is 0 Å². The van der Waals surface area contributed by atoms with Crippen LogP contribution in [0.2, 0.25) is 0 Å². The van der Waals surface area contributed by atoms with Gasteiger partial charge < -0.3 is 0 Å². The number of hydrogen-bond acceptors (Lipinski definition) is 3. The van der Waals surface area contributed by atoms with Gasteiger partial charge in [0.15, 0.2) is 0 Å². The van der Waals surface area contributed by atoms with Gasteiger partial charge >= 0.3 is 0 Å². The number of nitrogens with one attached hydrogen (secondary N) is 1. The molecular weight excluding hydrogens is 164 g/mol. The molecule has 2 unspecified atom stereocenters. The number of piperidine rings is 1. The third kappa shape index (κ3) is 1.49. The Morgan fingerprint density at radius 2 is 2.31 bits per heavy atom. The molecule has 0 aromatic carbocycles. The summed E-state index contributed by atoms with van der Waals surface area (Å²) in [5, 5.41) is 5.69. The highest BCUT2D eigenvalue weighted by atomic mass is 16.7. The summed E-state index contributed by atoms with van der Waals surface area (Å²) in [6, 6.07) is 0. The molecule has 13 heavy (non-hydrogen) atoms. The standard InChI is InChI=1S/C10H17N2O/c1-2-4-12(13-5-3-1)10-9-6-8(9)7-11-10/h8,10-11H,1-7H2. The molecule has 0 aromatic rings. The van der Waals surface area contributed by atoms with E-state index in [1.165, 1.54) is 32.2 Å². The van der Waals surface area contributed by atoms with Crippen molar-refractivity contribution in [3.8, 4) is 0 Å². The molecule has 2 heterocycles. The molecule has 3 aliphatic rings. The summed E-state index contributed by atoms with van der Waals surface area (Å²) in [5.74, 6) is 2.57. The van der Waals surface area contributed by atoms with Crippen LogP contribution in [-0.4, -0.2) is 30.9 Å². The van der Waals surface area contributed by atoms with Crippen molar-refractivity contribution in [3.05, 3.63) is 5.92 Å². The summed E-state index contributed by atoms with van der Waals surface area (Å²) in [5.41, 5.74) is 0. The monoisotopic (exact) mass is 181 g/mol. The quantitative estimate of drug-likeness (QED) is 0.651. The van der Waals surface area contributed by atoms with E-state index in [0.717, 1.165) is 19.1 Å². The fourth-order valence-corrected chi connectivity index (χ4v) is 2.43.